The van der Waals surface area contributed by atoms with E-state index >= 15 is 0 Å². The monoisotopic (exact) mass is 244 g/mol. The lowest BCUT2D eigenvalue weighted by Gasteiger charge is -2.24. The Kier molecular flexibility index (Phi) is 2.48. The summed E-state index contributed by atoms with van der Waals surface area (Å²) in [6, 6.07) is 5.72. The first-order chi connectivity index (χ1) is 8.72. The quantitative estimate of drug-likeness (QED) is 0.400. The van der Waals surface area contributed by atoms with Crippen LogP contribution in [-0.4, -0.2) is 24.5 Å². The number of aromatic amines is 1. The van der Waals surface area contributed by atoms with Crippen LogP contribution in [0.25, 0.3) is 10.9 Å². The third-order valence-electron chi connectivity index (χ3n) is 3.56. The Morgan fingerprint density at radius 2 is 2.33 bits per heavy atom. The van der Waals surface area contributed by atoms with Gasteiger partial charge in [0.2, 0.25) is 0 Å². The van der Waals surface area contributed by atoms with E-state index in [0.29, 0.717) is 5.56 Å². The average molecular weight is 244 g/mol. The smallest absolute Gasteiger partial charge is 0.267 e. The Hall–Kier alpha value is -2.01. The number of fused-ring (bicyclic) bond motifs is 3. The highest BCUT2D eigenvalue weighted by atomic mass is 16.2. The van der Waals surface area contributed by atoms with Gasteiger partial charge < -0.3 is 9.88 Å². The van der Waals surface area contributed by atoms with Crippen molar-refractivity contribution in [2.24, 2.45) is 5.84 Å². The molecule has 2 aromatic rings. The second-order valence-corrected chi connectivity index (χ2v) is 4.68. The number of nitrogens with two attached hydrogens (primary N) is 1. The molecule has 1 aliphatic rings. The number of carbonyl (C=O) groups excluding carboxylic acids is 1. The van der Waals surface area contributed by atoms with Gasteiger partial charge in [-0.15, -0.1) is 0 Å². The van der Waals surface area contributed by atoms with E-state index in [1.165, 1.54) is 11.4 Å². The van der Waals surface area contributed by atoms with E-state index in [-0.39, 0.29) is 5.91 Å². The Labute approximate surface area is 105 Å². The highest BCUT2D eigenvalue weighted by Gasteiger charge is 2.21. The maximum Gasteiger partial charge on any atom is 0.267 e. The van der Waals surface area contributed by atoms with Crippen molar-refractivity contribution in [2.75, 3.05) is 18.5 Å². The fourth-order valence-electron chi connectivity index (χ4n) is 2.75. The molecule has 3 rings (SSSR count). The fourth-order valence-corrected chi connectivity index (χ4v) is 2.75. The molecular weight excluding hydrogens is 228 g/mol. The normalized spacial score (nSPS) is 14.7. The van der Waals surface area contributed by atoms with Crippen LogP contribution in [0.1, 0.15) is 22.5 Å². The van der Waals surface area contributed by atoms with Crippen molar-refractivity contribution in [2.45, 2.75) is 12.8 Å². The second-order valence-electron chi connectivity index (χ2n) is 4.68. The maximum absolute atomic E-state index is 11.8. The van der Waals surface area contributed by atoms with Crippen molar-refractivity contribution < 1.29 is 4.79 Å². The SMILES string of the molecule is CN1CCCc2[nH]c3c(C(=O)NN)cccc3c21. The number of benzene rings is 1. The number of nitrogens with one attached hydrogen (secondary N) is 2. The number of H-pyrrole nitrogens is 1. The van der Waals surface area contributed by atoms with Gasteiger partial charge in [-0.1, -0.05) is 12.1 Å². The van der Waals surface area contributed by atoms with Crippen LogP contribution in [0.4, 0.5) is 5.69 Å². The summed E-state index contributed by atoms with van der Waals surface area (Å²) in [5, 5.41) is 1.09. The van der Waals surface area contributed by atoms with Gasteiger partial charge >= 0.3 is 0 Å². The molecule has 0 fully saturated rings. The zero-order valence-electron chi connectivity index (χ0n) is 10.3. The third kappa shape index (κ3) is 1.48. The van der Waals surface area contributed by atoms with E-state index in [1.807, 2.05) is 12.1 Å². The first-order valence-corrected chi connectivity index (χ1v) is 6.08. The van der Waals surface area contributed by atoms with Crippen LogP contribution in [0.15, 0.2) is 18.2 Å². The number of hydrogen-bond donors (Lipinski definition) is 3. The van der Waals surface area contributed by atoms with Crippen LogP contribution in [0.5, 0.6) is 0 Å². The van der Waals surface area contributed by atoms with E-state index in [1.54, 1.807) is 6.07 Å². The molecule has 0 bridgehead atoms. The van der Waals surface area contributed by atoms with Crippen molar-refractivity contribution in [3.05, 3.63) is 29.5 Å². The molecule has 2 heterocycles. The molecule has 1 aromatic heterocycles. The van der Waals surface area contributed by atoms with Gasteiger partial charge in [0.25, 0.3) is 5.91 Å². The summed E-state index contributed by atoms with van der Waals surface area (Å²) in [5.74, 6) is 4.96. The Balaban J connectivity index is 2.28. The lowest BCUT2D eigenvalue weighted by atomic mass is 10.1. The summed E-state index contributed by atoms with van der Waals surface area (Å²) in [6.07, 6.45) is 2.16. The summed E-state index contributed by atoms with van der Waals surface area (Å²) in [5.41, 5.74) is 6.08. The number of hydrazine groups is 1. The molecule has 0 aliphatic carbocycles. The lowest BCUT2D eigenvalue weighted by Crippen LogP contribution is -2.30. The minimum absolute atomic E-state index is 0.262. The number of carbonyl (C=O) groups is 1. The van der Waals surface area contributed by atoms with Gasteiger partial charge in [-0.05, 0) is 18.9 Å². The molecule has 18 heavy (non-hydrogen) atoms. The summed E-state index contributed by atoms with van der Waals surface area (Å²) in [4.78, 5) is 17.4. The van der Waals surface area contributed by atoms with Gasteiger partial charge in [-0.2, -0.15) is 0 Å². The zero-order valence-corrected chi connectivity index (χ0v) is 10.3. The molecule has 1 aliphatic heterocycles. The predicted molar refractivity (Wildman–Crippen MR) is 71.5 cm³/mol. The molecule has 4 N–H and O–H groups in total. The predicted octanol–water partition coefficient (Wildman–Crippen LogP) is 1.15. The van der Waals surface area contributed by atoms with Gasteiger partial charge in [0.15, 0.2) is 0 Å². The number of rotatable bonds is 1. The Bertz CT molecular complexity index is 617. The van der Waals surface area contributed by atoms with Gasteiger partial charge in [-0.25, -0.2) is 5.84 Å². The van der Waals surface area contributed by atoms with Crippen LogP contribution in [0.2, 0.25) is 0 Å². The molecule has 5 nitrogen and oxygen atoms in total. The van der Waals surface area contributed by atoms with Gasteiger partial charge in [0.05, 0.1) is 16.8 Å². The molecule has 1 aromatic carbocycles. The first kappa shape index (κ1) is 11.1. The number of nitrogen functional groups attached to an aromatic ring is 1. The highest BCUT2D eigenvalue weighted by Crippen LogP contribution is 2.35. The number of para-hydroxylation sites is 1. The van der Waals surface area contributed by atoms with Crippen molar-refractivity contribution in [1.82, 2.24) is 10.4 Å². The molecule has 0 atom stereocenters. The molecule has 0 saturated heterocycles. The van der Waals surface area contributed by atoms with Crippen LogP contribution in [0, 0.1) is 0 Å². The summed E-state index contributed by atoms with van der Waals surface area (Å²) >= 11 is 0. The number of amides is 1. The molecule has 0 radical (unpaired) electrons. The minimum atomic E-state index is -0.262. The van der Waals surface area contributed by atoms with Crippen LogP contribution in [0.3, 0.4) is 0 Å². The average Bonchev–Trinajstić information content (AvgIpc) is 2.77. The van der Waals surface area contributed by atoms with E-state index in [0.717, 1.165) is 30.3 Å². The van der Waals surface area contributed by atoms with Crippen molar-refractivity contribution in [3.8, 4) is 0 Å². The fraction of sp³-hybridized carbons (Fsp3) is 0.308. The van der Waals surface area contributed by atoms with Gasteiger partial charge in [-0.3, -0.25) is 10.2 Å². The number of aromatic nitrogens is 1. The number of hydrogen-bond acceptors (Lipinski definition) is 3. The number of aryl methyl sites for hydroxylation is 1. The summed E-state index contributed by atoms with van der Waals surface area (Å²) in [6.45, 7) is 1.05. The molecule has 1 amide bonds. The summed E-state index contributed by atoms with van der Waals surface area (Å²) in [7, 11) is 2.08. The van der Waals surface area contributed by atoms with Gasteiger partial charge in [0, 0.05) is 24.7 Å². The lowest BCUT2D eigenvalue weighted by molar-refractivity contribution is 0.0955. The topological polar surface area (TPSA) is 74.2 Å². The molecule has 5 heteroatoms. The first-order valence-electron chi connectivity index (χ1n) is 6.08. The minimum Gasteiger partial charge on any atom is -0.373 e. The van der Waals surface area contributed by atoms with Crippen LogP contribution in [-0.2, 0) is 6.42 Å². The number of anilines is 1. The molecule has 94 valence electrons. The zero-order chi connectivity index (χ0) is 12.7. The molecule has 0 unspecified atom stereocenters. The molecule has 0 spiro atoms. The Morgan fingerprint density at radius 3 is 3.11 bits per heavy atom. The largest absolute Gasteiger partial charge is 0.373 e. The van der Waals surface area contributed by atoms with E-state index in [4.69, 9.17) is 5.84 Å². The van der Waals surface area contributed by atoms with Gasteiger partial charge in [0.1, 0.15) is 0 Å². The van der Waals surface area contributed by atoms with Crippen LogP contribution >= 0.6 is 0 Å². The van der Waals surface area contributed by atoms with Crippen molar-refractivity contribution in [3.63, 3.8) is 0 Å². The Morgan fingerprint density at radius 1 is 1.50 bits per heavy atom. The van der Waals surface area contributed by atoms with E-state index in [2.05, 4.69) is 22.4 Å². The second kappa shape index (κ2) is 4.03. The molecule has 0 saturated carbocycles. The van der Waals surface area contributed by atoms with Crippen molar-refractivity contribution in [1.29, 1.82) is 0 Å². The van der Waals surface area contributed by atoms with E-state index in [9.17, 15) is 4.79 Å². The molecular formula is C13H16N4O. The maximum atomic E-state index is 11.8. The van der Waals surface area contributed by atoms with Crippen LogP contribution < -0.4 is 16.2 Å². The third-order valence-corrected chi connectivity index (χ3v) is 3.56. The van der Waals surface area contributed by atoms with Crippen molar-refractivity contribution >= 4 is 22.5 Å². The highest BCUT2D eigenvalue weighted by molar-refractivity contribution is 6.09. The van der Waals surface area contributed by atoms with E-state index < -0.39 is 0 Å². The standard InChI is InChI=1S/C13H16N4O/c1-17-7-3-6-10-12(17)8-4-2-5-9(11(8)15-10)13(18)16-14/h2,4-5,15H,3,6-7,14H2,1H3,(H,16,18). The summed E-state index contributed by atoms with van der Waals surface area (Å²) < 4.78 is 0. The number of nitrogens with zero attached hydrogens (tertiary/aromatic N) is 1.